The van der Waals surface area contributed by atoms with E-state index >= 15 is 0 Å². The SMILES string of the molecule is Cc1nn(CC(=O)Nc2cnn(C)c2C(=O)NCC(C)C)c(C)c1[N+](=O)[O-]. The maximum absolute atomic E-state index is 12.4. The first-order valence-corrected chi connectivity index (χ1v) is 8.40. The topological polar surface area (TPSA) is 137 Å². The number of hydrogen-bond acceptors (Lipinski definition) is 6. The lowest BCUT2D eigenvalue weighted by atomic mass is 10.2. The quantitative estimate of drug-likeness (QED) is 0.549. The van der Waals surface area contributed by atoms with Gasteiger partial charge in [-0.3, -0.25) is 29.1 Å². The van der Waals surface area contributed by atoms with Gasteiger partial charge in [-0.15, -0.1) is 0 Å². The number of amides is 2. The van der Waals surface area contributed by atoms with E-state index in [0.717, 1.165) is 0 Å². The van der Waals surface area contributed by atoms with Crippen molar-refractivity contribution in [1.29, 1.82) is 0 Å². The number of rotatable bonds is 7. The van der Waals surface area contributed by atoms with Crippen molar-refractivity contribution in [2.45, 2.75) is 34.2 Å². The van der Waals surface area contributed by atoms with Gasteiger partial charge in [0.2, 0.25) is 5.91 Å². The molecule has 146 valence electrons. The highest BCUT2D eigenvalue weighted by molar-refractivity contribution is 6.02. The van der Waals surface area contributed by atoms with Gasteiger partial charge in [-0.25, -0.2) is 0 Å². The Morgan fingerprint density at radius 1 is 1.33 bits per heavy atom. The number of nitrogens with one attached hydrogen (secondary N) is 2. The van der Waals surface area contributed by atoms with E-state index in [0.29, 0.717) is 6.54 Å². The Hall–Kier alpha value is -3.24. The Morgan fingerprint density at radius 3 is 2.56 bits per heavy atom. The third-order valence-electron chi connectivity index (χ3n) is 3.92. The molecule has 2 rings (SSSR count). The predicted octanol–water partition coefficient (Wildman–Crippen LogP) is 1.17. The molecule has 2 amide bonds. The zero-order chi connectivity index (χ0) is 20.3. The smallest absolute Gasteiger partial charge is 0.312 e. The van der Waals surface area contributed by atoms with Gasteiger partial charge < -0.3 is 10.6 Å². The Bertz CT molecular complexity index is 882. The number of carbonyl (C=O) groups excluding carboxylic acids is 2. The minimum Gasteiger partial charge on any atom is -0.350 e. The maximum atomic E-state index is 12.4. The van der Waals surface area contributed by atoms with E-state index in [4.69, 9.17) is 0 Å². The average Bonchev–Trinajstić information content (AvgIpc) is 3.04. The van der Waals surface area contributed by atoms with Crippen molar-refractivity contribution in [3.05, 3.63) is 33.4 Å². The van der Waals surface area contributed by atoms with E-state index in [1.165, 1.54) is 29.4 Å². The molecular formula is C16H23N7O4. The number of aromatic nitrogens is 4. The summed E-state index contributed by atoms with van der Waals surface area (Å²) in [6, 6.07) is 0. The fourth-order valence-corrected chi connectivity index (χ4v) is 2.61. The predicted molar refractivity (Wildman–Crippen MR) is 97.4 cm³/mol. The second-order valence-electron chi connectivity index (χ2n) is 6.62. The van der Waals surface area contributed by atoms with Crippen LogP contribution in [0.1, 0.15) is 35.7 Å². The fourth-order valence-electron chi connectivity index (χ4n) is 2.61. The van der Waals surface area contributed by atoms with Crippen molar-refractivity contribution in [2.24, 2.45) is 13.0 Å². The van der Waals surface area contributed by atoms with Gasteiger partial charge in [-0.05, 0) is 19.8 Å². The summed E-state index contributed by atoms with van der Waals surface area (Å²) < 4.78 is 2.64. The highest BCUT2D eigenvalue weighted by atomic mass is 16.6. The molecule has 0 radical (unpaired) electrons. The van der Waals surface area contributed by atoms with Gasteiger partial charge in [0.05, 0.1) is 16.8 Å². The zero-order valence-corrected chi connectivity index (χ0v) is 15.9. The van der Waals surface area contributed by atoms with Crippen molar-refractivity contribution < 1.29 is 14.5 Å². The molecule has 0 saturated heterocycles. The highest BCUT2D eigenvalue weighted by Crippen LogP contribution is 2.22. The van der Waals surface area contributed by atoms with E-state index < -0.39 is 10.8 Å². The molecule has 0 fully saturated rings. The highest BCUT2D eigenvalue weighted by Gasteiger charge is 2.24. The van der Waals surface area contributed by atoms with Crippen LogP contribution >= 0.6 is 0 Å². The first-order valence-electron chi connectivity index (χ1n) is 8.40. The molecule has 0 bridgehead atoms. The summed E-state index contributed by atoms with van der Waals surface area (Å²) in [6.07, 6.45) is 1.38. The lowest BCUT2D eigenvalue weighted by molar-refractivity contribution is -0.386. The van der Waals surface area contributed by atoms with Crippen LogP contribution in [0.25, 0.3) is 0 Å². The summed E-state index contributed by atoms with van der Waals surface area (Å²) in [4.78, 5) is 35.3. The van der Waals surface area contributed by atoms with E-state index in [1.807, 2.05) is 13.8 Å². The van der Waals surface area contributed by atoms with Crippen molar-refractivity contribution in [3.63, 3.8) is 0 Å². The summed E-state index contributed by atoms with van der Waals surface area (Å²) >= 11 is 0. The summed E-state index contributed by atoms with van der Waals surface area (Å²) in [5, 5.41) is 24.5. The van der Waals surface area contributed by atoms with Crippen molar-refractivity contribution >= 4 is 23.2 Å². The van der Waals surface area contributed by atoms with Crippen LogP contribution in [-0.2, 0) is 18.4 Å². The Balaban J connectivity index is 2.14. The van der Waals surface area contributed by atoms with Crippen molar-refractivity contribution in [2.75, 3.05) is 11.9 Å². The van der Waals surface area contributed by atoms with Crippen LogP contribution in [0.15, 0.2) is 6.20 Å². The molecule has 0 aliphatic carbocycles. The number of nitro groups is 1. The standard InChI is InChI=1S/C16H23N7O4/c1-9(2)6-17-16(25)15-12(7-18-21(15)5)19-13(24)8-22-11(4)14(23(26)27)10(3)20-22/h7,9H,6,8H2,1-5H3,(H,17,25)(H,19,24). The Kier molecular flexibility index (Phi) is 5.93. The molecular weight excluding hydrogens is 354 g/mol. The average molecular weight is 377 g/mol. The fraction of sp³-hybridized carbons (Fsp3) is 0.500. The van der Waals surface area contributed by atoms with Crippen LogP contribution in [0.4, 0.5) is 11.4 Å². The molecule has 0 atom stereocenters. The van der Waals surface area contributed by atoms with Gasteiger partial charge in [0.25, 0.3) is 5.91 Å². The zero-order valence-electron chi connectivity index (χ0n) is 15.9. The van der Waals surface area contributed by atoms with Crippen LogP contribution in [0, 0.1) is 29.9 Å². The van der Waals surface area contributed by atoms with Gasteiger partial charge >= 0.3 is 5.69 Å². The largest absolute Gasteiger partial charge is 0.350 e. The lowest BCUT2D eigenvalue weighted by Gasteiger charge is -2.10. The monoisotopic (exact) mass is 377 g/mol. The molecule has 2 N–H and O–H groups in total. The number of hydrogen-bond donors (Lipinski definition) is 2. The molecule has 2 heterocycles. The molecule has 27 heavy (non-hydrogen) atoms. The molecule has 0 aliphatic heterocycles. The van der Waals surface area contributed by atoms with Gasteiger partial charge in [0, 0.05) is 13.6 Å². The van der Waals surface area contributed by atoms with Crippen LogP contribution in [-0.4, -0.2) is 42.8 Å². The van der Waals surface area contributed by atoms with Gasteiger partial charge in [-0.1, -0.05) is 13.8 Å². The normalized spacial score (nSPS) is 10.9. The van der Waals surface area contributed by atoms with E-state index in [2.05, 4.69) is 20.8 Å². The van der Waals surface area contributed by atoms with E-state index in [1.54, 1.807) is 7.05 Å². The van der Waals surface area contributed by atoms with Gasteiger partial charge in [-0.2, -0.15) is 10.2 Å². The minimum atomic E-state index is -0.523. The van der Waals surface area contributed by atoms with Gasteiger partial charge in [0.15, 0.2) is 0 Å². The number of anilines is 1. The lowest BCUT2D eigenvalue weighted by Crippen LogP contribution is -2.30. The molecule has 0 spiro atoms. The van der Waals surface area contributed by atoms with Crippen LogP contribution in [0.3, 0.4) is 0 Å². The molecule has 2 aromatic rings. The van der Waals surface area contributed by atoms with Crippen LogP contribution < -0.4 is 10.6 Å². The van der Waals surface area contributed by atoms with Crippen molar-refractivity contribution in [1.82, 2.24) is 24.9 Å². The summed E-state index contributed by atoms with van der Waals surface area (Å²) in [5.41, 5.74) is 0.898. The van der Waals surface area contributed by atoms with Crippen LogP contribution in [0.5, 0.6) is 0 Å². The molecule has 2 aromatic heterocycles. The molecule has 0 saturated carbocycles. The molecule has 11 nitrogen and oxygen atoms in total. The summed E-state index contributed by atoms with van der Waals surface area (Å²) in [6.45, 7) is 7.26. The third-order valence-corrected chi connectivity index (χ3v) is 3.92. The summed E-state index contributed by atoms with van der Waals surface area (Å²) in [7, 11) is 1.60. The van der Waals surface area contributed by atoms with Crippen LogP contribution in [0.2, 0.25) is 0 Å². The van der Waals surface area contributed by atoms with Gasteiger partial charge in [0.1, 0.15) is 23.6 Å². The Morgan fingerprint density at radius 2 is 2.00 bits per heavy atom. The minimum absolute atomic E-state index is 0.113. The van der Waals surface area contributed by atoms with Crippen molar-refractivity contribution in [3.8, 4) is 0 Å². The second kappa shape index (κ2) is 7.98. The van der Waals surface area contributed by atoms with E-state index in [-0.39, 0.29) is 46.8 Å². The maximum Gasteiger partial charge on any atom is 0.312 e. The third kappa shape index (κ3) is 4.49. The first-order chi connectivity index (χ1) is 12.6. The molecule has 0 aromatic carbocycles. The number of carbonyl (C=O) groups is 2. The molecule has 11 heteroatoms. The second-order valence-corrected chi connectivity index (χ2v) is 6.62. The molecule has 0 unspecified atom stereocenters. The Labute approximate surface area is 155 Å². The summed E-state index contributed by atoms with van der Waals surface area (Å²) in [5.74, 6) is -0.538. The number of nitrogens with zero attached hydrogens (tertiary/aromatic N) is 5. The number of aryl methyl sites for hydroxylation is 2. The van der Waals surface area contributed by atoms with E-state index in [9.17, 15) is 19.7 Å². The first kappa shape index (κ1) is 20.1. The molecule has 0 aliphatic rings.